The van der Waals surface area contributed by atoms with Crippen LogP contribution in [0.4, 0.5) is 4.79 Å². The van der Waals surface area contributed by atoms with E-state index < -0.39 is 0 Å². The first-order valence-corrected chi connectivity index (χ1v) is 5.65. The number of rotatable bonds is 1. The molecule has 2 N–H and O–H groups in total. The highest BCUT2D eigenvalue weighted by Crippen LogP contribution is 2.32. The molecule has 16 heavy (non-hydrogen) atoms. The van der Waals surface area contributed by atoms with Gasteiger partial charge in [0.2, 0.25) is 0 Å². The largest absolute Gasteiger partial charge is 0.456 e. The Balaban J connectivity index is 2.07. The quantitative estimate of drug-likeness (QED) is 0.712. The Hall–Kier alpha value is -1.82. The first-order valence-electron chi connectivity index (χ1n) is 4.77. The topological polar surface area (TPSA) is 67.4 Å². The van der Waals surface area contributed by atoms with Gasteiger partial charge in [0.05, 0.1) is 17.3 Å². The summed E-state index contributed by atoms with van der Waals surface area (Å²) in [4.78, 5) is 23.9. The molecule has 1 atom stereocenters. The van der Waals surface area contributed by atoms with Crippen LogP contribution in [-0.2, 0) is 9.53 Å². The van der Waals surface area contributed by atoms with Crippen LogP contribution in [0.15, 0.2) is 28.8 Å². The summed E-state index contributed by atoms with van der Waals surface area (Å²) in [6.45, 7) is 0.156. The average Bonchev–Trinajstić information content (AvgIpc) is 2.87. The van der Waals surface area contributed by atoms with E-state index in [1.54, 1.807) is 0 Å². The lowest BCUT2D eigenvalue weighted by Crippen LogP contribution is -2.44. The van der Waals surface area contributed by atoms with Crippen LogP contribution in [0, 0.1) is 0 Å². The molecular weight excluding hydrogens is 228 g/mol. The number of urea groups is 1. The summed E-state index contributed by atoms with van der Waals surface area (Å²) in [6.07, 6.45) is 0. The van der Waals surface area contributed by atoms with Gasteiger partial charge in [-0.15, -0.1) is 11.3 Å². The highest BCUT2D eigenvalue weighted by atomic mass is 32.1. The summed E-state index contributed by atoms with van der Waals surface area (Å²) in [6, 6.07) is 3.10. The van der Waals surface area contributed by atoms with Crippen LogP contribution in [-0.4, -0.2) is 18.6 Å². The number of hydrogen-bond donors (Lipinski definition) is 2. The summed E-state index contributed by atoms with van der Waals surface area (Å²) in [7, 11) is 0. The summed E-state index contributed by atoms with van der Waals surface area (Å²) in [5, 5.41) is 7.22. The smallest absolute Gasteiger partial charge is 0.338 e. The minimum Gasteiger partial charge on any atom is -0.456 e. The van der Waals surface area contributed by atoms with Crippen LogP contribution in [0.2, 0.25) is 0 Å². The molecule has 1 aromatic rings. The van der Waals surface area contributed by atoms with Crippen LogP contribution >= 0.6 is 11.3 Å². The van der Waals surface area contributed by atoms with Crippen LogP contribution in [0.25, 0.3) is 0 Å². The molecule has 2 aliphatic rings. The van der Waals surface area contributed by atoms with Crippen molar-refractivity contribution in [3.05, 3.63) is 33.7 Å². The third kappa shape index (κ3) is 1.30. The number of ether oxygens (including phenoxy) is 1. The zero-order valence-corrected chi connectivity index (χ0v) is 8.97. The molecule has 0 radical (unpaired) electrons. The second kappa shape index (κ2) is 3.34. The van der Waals surface area contributed by atoms with Gasteiger partial charge >= 0.3 is 12.0 Å². The number of amides is 2. The van der Waals surface area contributed by atoms with Crippen molar-refractivity contribution in [1.82, 2.24) is 10.6 Å². The Morgan fingerprint density at radius 2 is 2.31 bits per heavy atom. The molecule has 2 aliphatic heterocycles. The lowest BCUT2D eigenvalue weighted by molar-refractivity contribution is -0.136. The molecule has 1 aromatic heterocycles. The van der Waals surface area contributed by atoms with Gasteiger partial charge in [-0.05, 0) is 11.4 Å². The monoisotopic (exact) mass is 236 g/mol. The highest BCUT2D eigenvalue weighted by Gasteiger charge is 2.38. The molecule has 0 saturated carbocycles. The lowest BCUT2D eigenvalue weighted by atomic mass is 10.0. The van der Waals surface area contributed by atoms with Crippen molar-refractivity contribution in [2.45, 2.75) is 6.04 Å². The van der Waals surface area contributed by atoms with E-state index in [-0.39, 0.29) is 24.6 Å². The fourth-order valence-electron chi connectivity index (χ4n) is 1.86. The molecule has 0 aliphatic carbocycles. The summed E-state index contributed by atoms with van der Waals surface area (Å²) >= 11 is 1.50. The van der Waals surface area contributed by atoms with Gasteiger partial charge in [-0.2, -0.15) is 0 Å². The molecule has 0 saturated heterocycles. The molecule has 0 spiro atoms. The predicted molar refractivity (Wildman–Crippen MR) is 56.7 cm³/mol. The van der Waals surface area contributed by atoms with E-state index >= 15 is 0 Å². The number of carbonyl (C=O) groups excluding carboxylic acids is 2. The lowest BCUT2D eigenvalue weighted by Gasteiger charge is -2.23. The Labute approximate surface area is 95.1 Å². The average molecular weight is 236 g/mol. The molecule has 0 unspecified atom stereocenters. The second-order valence-corrected chi connectivity index (χ2v) is 4.49. The van der Waals surface area contributed by atoms with Crippen LogP contribution in [0.3, 0.4) is 0 Å². The maximum atomic E-state index is 11.6. The second-order valence-electron chi connectivity index (χ2n) is 3.52. The van der Waals surface area contributed by atoms with Crippen molar-refractivity contribution in [2.75, 3.05) is 6.61 Å². The Kier molecular flexibility index (Phi) is 1.97. The van der Waals surface area contributed by atoms with E-state index in [9.17, 15) is 9.59 Å². The normalized spacial score (nSPS) is 23.6. The van der Waals surface area contributed by atoms with Crippen molar-refractivity contribution in [3.63, 3.8) is 0 Å². The SMILES string of the molecule is O=C1NC2=C(C(=O)OC2)[C@@H](c2cccs2)N1. The van der Waals surface area contributed by atoms with Gasteiger partial charge in [0.25, 0.3) is 0 Å². The molecular formula is C10H8N2O3S. The Morgan fingerprint density at radius 1 is 1.44 bits per heavy atom. The third-order valence-electron chi connectivity index (χ3n) is 2.55. The third-order valence-corrected chi connectivity index (χ3v) is 3.49. The van der Waals surface area contributed by atoms with Crippen molar-refractivity contribution in [3.8, 4) is 0 Å². The van der Waals surface area contributed by atoms with E-state index in [1.165, 1.54) is 11.3 Å². The van der Waals surface area contributed by atoms with E-state index in [2.05, 4.69) is 10.6 Å². The highest BCUT2D eigenvalue weighted by molar-refractivity contribution is 7.10. The molecule has 5 nitrogen and oxygen atoms in total. The number of hydrogen-bond acceptors (Lipinski definition) is 4. The van der Waals surface area contributed by atoms with Gasteiger partial charge in [0.1, 0.15) is 6.61 Å². The van der Waals surface area contributed by atoms with Gasteiger partial charge in [0.15, 0.2) is 0 Å². The van der Waals surface area contributed by atoms with E-state index in [0.29, 0.717) is 11.3 Å². The van der Waals surface area contributed by atoms with Gasteiger partial charge in [0, 0.05) is 4.88 Å². The number of esters is 1. The number of nitrogens with one attached hydrogen (secondary N) is 2. The van der Waals surface area contributed by atoms with Gasteiger partial charge < -0.3 is 15.4 Å². The first-order chi connectivity index (χ1) is 7.75. The molecule has 6 heteroatoms. The number of carbonyl (C=O) groups is 2. The standard InChI is InChI=1S/C10H8N2O3S/c13-9-7-5(4-15-9)11-10(14)12-8(7)6-2-1-3-16-6/h1-3,8H,4H2,(H2,11,12,14)/t8-/m1/s1. The minimum absolute atomic E-state index is 0.156. The maximum Gasteiger partial charge on any atom is 0.338 e. The van der Waals surface area contributed by atoms with Crippen LogP contribution in [0.5, 0.6) is 0 Å². The van der Waals surface area contributed by atoms with E-state index in [1.807, 2.05) is 17.5 Å². The van der Waals surface area contributed by atoms with Gasteiger partial charge in [-0.25, -0.2) is 9.59 Å². The fourth-order valence-corrected chi connectivity index (χ4v) is 2.64. The zero-order valence-electron chi connectivity index (χ0n) is 8.15. The Morgan fingerprint density at radius 3 is 3.06 bits per heavy atom. The fraction of sp³-hybridized carbons (Fsp3) is 0.200. The number of thiophene rings is 1. The van der Waals surface area contributed by atoms with Gasteiger partial charge in [-0.1, -0.05) is 6.07 Å². The molecule has 0 aromatic carbocycles. The summed E-state index contributed by atoms with van der Waals surface area (Å²) in [5.74, 6) is -0.360. The molecule has 0 fully saturated rings. The van der Waals surface area contributed by atoms with E-state index in [4.69, 9.17) is 4.74 Å². The molecule has 0 bridgehead atoms. The number of cyclic esters (lactones) is 1. The van der Waals surface area contributed by atoms with Crippen LogP contribution in [0.1, 0.15) is 10.9 Å². The first kappa shape index (κ1) is 9.41. The van der Waals surface area contributed by atoms with Crippen molar-refractivity contribution < 1.29 is 14.3 Å². The summed E-state index contributed by atoms with van der Waals surface area (Å²) in [5.41, 5.74) is 1.09. The molecule has 3 heterocycles. The molecule has 2 amide bonds. The van der Waals surface area contributed by atoms with Crippen molar-refractivity contribution >= 4 is 23.3 Å². The van der Waals surface area contributed by atoms with E-state index in [0.717, 1.165) is 4.88 Å². The zero-order chi connectivity index (χ0) is 11.1. The van der Waals surface area contributed by atoms with Gasteiger partial charge in [-0.3, -0.25) is 0 Å². The minimum atomic E-state index is -0.376. The van der Waals surface area contributed by atoms with Crippen LogP contribution < -0.4 is 10.6 Å². The van der Waals surface area contributed by atoms with Crippen molar-refractivity contribution in [2.24, 2.45) is 0 Å². The molecule has 3 rings (SSSR count). The van der Waals surface area contributed by atoms with Crippen molar-refractivity contribution in [1.29, 1.82) is 0 Å². The maximum absolute atomic E-state index is 11.6. The molecule has 82 valence electrons. The summed E-state index contributed by atoms with van der Waals surface area (Å²) < 4.78 is 4.91. The Bertz CT molecular complexity index is 492. The predicted octanol–water partition coefficient (Wildman–Crippen LogP) is 0.913.